The number of hydrogen-bond acceptors (Lipinski definition) is 2. The fraction of sp³-hybridized carbons (Fsp3) is 0.500. The van der Waals surface area contributed by atoms with Crippen LogP contribution in [0.1, 0.15) is 26.3 Å². The molecule has 0 saturated carbocycles. The van der Waals surface area contributed by atoms with Crippen molar-refractivity contribution < 1.29 is 9.84 Å². The van der Waals surface area contributed by atoms with Crippen LogP contribution >= 0.6 is 15.9 Å². The SMILES string of the molecule is CC(C)(C)COCc1ccc(O)c(Br)c1. The van der Waals surface area contributed by atoms with Crippen molar-refractivity contribution in [3.05, 3.63) is 28.2 Å². The summed E-state index contributed by atoms with van der Waals surface area (Å²) in [7, 11) is 0. The highest BCUT2D eigenvalue weighted by Crippen LogP contribution is 2.24. The summed E-state index contributed by atoms with van der Waals surface area (Å²) in [5.41, 5.74) is 1.25. The Labute approximate surface area is 99.4 Å². The number of phenolic OH excluding ortho intramolecular Hbond substituents is 1. The highest BCUT2D eigenvalue weighted by molar-refractivity contribution is 9.10. The third-order valence-corrected chi connectivity index (χ3v) is 2.45. The van der Waals surface area contributed by atoms with E-state index in [9.17, 15) is 5.11 Å². The van der Waals surface area contributed by atoms with Crippen molar-refractivity contribution in [2.75, 3.05) is 6.61 Å². The number of benzene rings is 1. The van der Waals surface area contributed by atoms with Gasteiger partial charge < -0.3 is 9.84 Å². The topological polar surface area (TPSA) is 29.5 Å². The average molecular weight is 273 g/mol. The molecular formula is C12H17BrO2. The zero-order valence-electron chi connectivity index (χ0n) is 9.38. The van der Waals surface area contributed by atoms with E-state index < -0.39 is 0 Å². The standard InChI is InChI=1S/C12H17BrO2/c1-12(2,3)8-15-7-9-4-5-11(14)10(13)6-9/h4-6,14H,7-8H2,1-3H3. The van der Waals surface area contributed by atoms with Crippen LogP contribution in [0.3, 0.4) is 0 Å². The molecule has 0 aliphatic carbocycles. The maximum atomic E-state index is 9.31. The zero-order chi connectivity index (χ0) is 11.5. The van der Waals surface area contributed by atoms with Gasteiger partial charge in [-0.05, 0) is 39.0 Å². The lowest BCUT2D eigenvalue weighted by molar-refractivity contribution is 0.0598. The van der Waals surface area contributed by atoms with Crippen molar-refractivity contribution in [1.82, 2.24) is 0 Å². The zero-order valence-corrected chi connectivity index (χ0v) is 11.0. The first-order valence-corrected chi connectivity index (χ1v) is 5.73. The number of hydrogen-bond donors (Lipinski definition) is 1. The van der Waals surface area contributed by atoms with Gasteiger partial charge in [-0.15, -0.1) is 0 Å². The van der Waals surface area contributed by atoms with Gasteiger partial charge in [0.2, 0.25) is 0 Å². The monoisotopic (exact) mass is 272 g/mol. The van der Waals surface area contributed by atoms with Crippen LogP contribution < -0.4 is 0 Å². The Bertz CT molecular complexity index is 329. The summed E-state index contributed by atoms with van der Waals surface area (Å²) in [6.45, 7) is 7.72. The van der Waals surface area contributed by atoms with Crippen molar-refractivity contribution in [1.29, 1.82) is 0 Å². The lowest BCUT2D eigenvalue weighted by atomic mass is 9.99. The van der Waals surface area contributed by atoms with Crippen LogP contribution in [0, 0.1) is 5.41 Å². The van der Waals surface area contributed by atoms with Crippen molar-refractivity contribution in [3.63, 3.8) is 0 Å². The Morgan fingerprint density at radius 3 is 2.53 bits per heavy atom. The summed E-state index contributed by atoms with van der Waals surface area (Å²) in [5.74, 6) is 0.259. The third kappa shape index (κ3) is 4.67. The molecule has 0 aliphatic heterocycles. The summed E-state index contributed by atoms with van der Waals surface area (Å²) < 4.78 is 6.28. The number of phenols is 1. The van der Waals surface area contributed by atoms with Gasteiger partial charge in [0.25, 0.3) is 0 Å². The molecule has 0 atom stereocenters. The molecule has 1 rings (SSSR count). The van der Waals surface area contributed by atoms with Gasteiger partial charge in [0, 0.05) is 0 Å². The van der Waals surface area contributed by atoms with Crippen LogP contribution in [-0.4, -0.2) is 11.7 Å². The van der Waals surface area contributed by atoms with Gasteiger partial charge in [0.1, 0.15) is 5.75 Å². The van der Waals surface area contributed by atoms with Crippen molar-refractivity contribution in [3.8, 4) is 5.75 Å². The van der Waals surface area contributed by atoms with E-state index in [0.717, 1.165) is 12.2 Å². The Morgan fingerprint density at radius 2 is 2.00 bits per heavy atom. The van der Waals surface area contributed by atoms with E-state index in [1.807, 2.05) is 12.1 Å². The van der Waals surface area contributed by atoms with Gasteiger partial charge in [-0.1, -0.05) is 26.8 Å². The Kier molecular flexibility index (Phi) is 4.17. The van der Waals surface area contributed by atoms with Gasteiger partial charge in [0.05, 0.1) is 17.7 Å². The molecule has 0 unspecified atom stereocenters. The first-order chi connectivity index (χ1) is 6.88. The maximum Gasteiger partial charge on any atom is 0.129 e. The lowest BCUT2D eigenvalue weighted by Gasteiger charge is -2.18. The van der Waals surface area contributed by atoms with Crippen LogP contribution in [0.25, 0.3) is 0 Å². The van der Waals surface area contributed by atoms with Gasteiger partial charge in [0.15, 0.2) is 0 Å². The van der Waals surface area contributed by atoms with Gasteiger partial charge in [-0.25, -0.2) is 0 Å². The molecule has 0 spiro atoms. The molecule has 0 amide bonds. The van der Waals surface area contributed by atoms with E-state index in [2.05, 4.69) is 36.7 Å². The molecule has 84 valence electrons. The average Bonchev–Trinajstić information content (AvgIpc) is 2.09. The van der Waals surface area contributed by atoms with E-state index >= 15 is 0 Å². The molecule has 2 nitrogen and oxygen atoms in total. The van der Waals surface area contributed by atoms with Crippen LogP contribution in [0.15, 0.2) is 22.7 Å². The molecule has 0 fully saturated rings. The van der Waals surface area contributed by atoms with Crippen LogP contribution in [-0.2, 0) is 11.3 Å². The quantitative estimate of drug-likeness (QED) is 0.909. The maximum absolute atomic E-state index is 9.31. The molecule has 0 aromatic heterocycles. The molecule has 3 heteroatoms. The number of halogens is 1. The molecule has 0 radical (unpaired) electrons. The third-order valence-electron chi connectivity index (χ3n) is 1.82. The molecular weight excluding hydrogens is 256 g/mol. The summed E-state index contributed by atoms with van der Waals surface area (Å²) in [6, 6.07) is 5.40. The van der Waals surface area contributed by atoms with E-state index in [4.69, 9.17) is 4.74 Å². The summed E-state index contributed by atoms with van der Waals surface area (Å²) >= 11 is 3.27. The van der Waals surface area contributed by atoms with Crippen LogP contribution in [0.4, 0.5) is 0 Å². The van der Waals surface area contributed by atoms with Gasteiger partial charge in [-0.3, -0.25) is 0 Å². The van der Waals surface area contributed by atoms with Gasteiger partial charge in [-0.2, -0.15) is 0 Å². The Hall–Kier alpha value is -0.540. The summed E-state index contributed by atoms with van der Waals surface area (Å²) in [6.07, 6.45) is 0. The molecule has 1 N–H and O–H groups in total. The summed E-state index contributed by atoms with van der Waals surface area (Å²) in [5, 5.41) is 9.31. The fourth-order valence-electron chi connectivity index (χ4n) is 1.12. The molecule has 0 aliphatic rings. The van der Waals surface area contributed by atoms with E-state index in [1.165, 1.54) is 0 Å². The largest absolute Gasteiger partial charge is 0.507 e. The highest BCUT2D eigenvalue weighted by Gasteiger charge is 2.10. The molecule has 0 heterocycles. The minimum atomic E-state index is 0.189. The normalized spacial score (nSPS) is 11.7. The number of ether oxygens (including phenoxy) is 1. The molecule has 1 aromatic rings. The predicted molar refractivity (Wildman–Crippen MR) is 64.9 cm³/mol. The van der Waals surface area contributed by atoms with Gasteiger partial charge >= 0.3 is 0 Å². The molecule has 0 saturated heterocycles. The fourth-order valence-corrected chi connectivity index (χ4v) is 1.54. The minimum Gasteiger partial charge on any atom is -0.507 e. The van der Waals surface area contributed by atoms with E-state index in [1.54, 1.807) is 6.07 Å². The summed E-state index contributed by atoms with van der Waals surface area (Å²) in [4.78, 5) is 0. The second-order valence-electron chi connectivity index (χ2n) is 4.84. The van der Waals surface area contributed by atoms with Crippen LogP contribution in [0.5, 0.6) is 5.75 Å². The van der Waals surface area contributed by atoms with E-state index in [0.29, 0.717) is 11.1 Å². The first-order valence-electron chi connectivity index (χ1n) is 4.94. The smallest absolute Gasteiger partial charge is 0.129 e. The molecule has 0 bridgehead atoms. The predicted octanol–water partition coefficient (Wildman–Crippen LogP) is 3.72. The first kappa shape index (κ1) is 12.5. The molecule has 15 heavy (non-hydrogen) atoms. The van der Waals surface area contributed by atoms with Crippen molar-refractivity contribution in [2.45, 2.75) is 27.4 Å². The lowest BCUT2D eigenvalue weighted by Crippen LogP contribution is -2.14. The van der Waals surface area contributed by atoms with Crippen LogP contribution in [0.2, 0.25) is 0 Å². The van der Waals surface area contributed by atoms with Crippen molar-refractivity contribution in [2.24, 2.45) is 5.41 Å². The minimum absolute atomic E-state index is 0.189. The Balaban J connectivity index is 2.48. The Morgan fingerprint density at radius 1 is 1.33 bits per heavy atom. The highest BCUT2D eigenvalue weighted by atomic mass is 79.9. The number of rotatable bonds is 3. The van der Waals surface area contributed by atoms with Crippen molar-refractivity contribution >= 4 is 15.9 Å². The van der Waals surface area contributed by atoms with E-state index in [-0.39, 0.29) is 11.2 Å². The molecule has 1 aromatic carbocycles. The second-order valence-corrected chi connectivity index (χ2v) is 5.69. The second kappa shape index (κ2) is 4.99. The number of aromatic hydroxyl groups is 1.